The van der Waals surface area contributed by atoms with Crippen LogP contribution in [0.1, 0.15) is 13.8 Å². The van der Waals surface area contributed by atoms with E-state index in [4.69, 9.17) is 0 Å². The highest BCUT2D eigenvalue weighted by atomic mass is 32.2. The lowest BCUT2D eigenvalue weighted by atomic mass is 10.1. The summed E-state index contributed by atoms with van der Waals surface area (Å²) >= 11 is 0. The van der Waals surface area contributed by atoms with Gasteiger partial charge in [0.2, 0.25) is 0 Å². The van der Waals surface area contributed by atoms with Gasteiger partial charge in [-0.15, -0.1) is 0 Å². The molecule has 0 aromatic carbocycles. The molecule has 1 atom stereocenters. The van der Waals surface area contributed by atoms with Crippen LogP contribution in [0.5, 0.6) is 0 Å². The first-order valence-corrected chi connectivity index (χ1v) is 5.68. The topological polar surface area (TPSA) is 46.2 Å². The van der Waals surface area contributed by atoms with E-state index in [0.717, 1.165) is 0 Å². The van der Waals surface area contributed by atoms with Gasteiger partial charge < -0.3 is 5.32 Å². The summed E-state index contributed by atoms with van der Waals surface area (Å²) in [6.07, 6.45) is 0. The smallest absolute Gasteiger partial charge is 0.155 e. The number of hydrogen-bond donors (Lipinski definition) is 1. The summed E-state index contributed by atoms with van der Waals surface area (Å²) in [5.41, 5.74) is 0. The van der Waals surface area contributed by atoms with E-state index in [1.165, 1.54) is 0 Å². The van der Waals surface area contributed by atoms with Crippen LogP contribution in [0, 0.1) is 5.92 Å². The molecule has 0 aromatic heterocycles. The SMILES string of the molecule is CC(C)[C@H]1CNCCS1(=O)=O. The van der Waals surface area contributed by atoms with Gasteiger partial charge in [-0.2, -0.15) is 0 Å². The maximum atomic E-state index is 11.4. The summed E-state index contributed by atoms with van der Waals surface area (Å²) in [5.74, 6) is 0.531. The van der Waals surface area contributed by atoms with Gasteiger partial charge in [0.25, 0.3) is 0 Å². The average molecular weight is 177 g/mol. The first-order chi connectivity index (χ1) is 5.04. The van der Waals surface area contributed by atoms with Crippen LogP contribution in [0.3, 0.4) is 0 Å². The molecule has 1 aliphatic heterocycles. The second-order valence-corrected chi connectivity index (χ2v) is 5.69. The molecule has 0 spiro atoms. The molecule has 0 bridgehead atoms. The zero-order valence-corrected chi connectivity index (χ0v) is 7.82. The summed E-state index contributed by atoms with van der Waals surface area (Å²) in [5, 5.41) is 2.92. The Labute approximate surface area is 68.1 Å². The number of sulfone groups is 1. The fourth-order valence-electron chi connectivity index (χ4n) is 1.39. The number of rotatable bonds is 1. The summed E-state index contributed by atoms with van der Waals surface area (Å²) < 4.78 is 22.8. The zero-order chi connectivity index (χ0) is 8.48. The van der Waals surface area contributed by atoms with Gasteiger partial charge in [0, 0.05) is 13.1 Å². The van der Waals surface area contributed by atoms with E-state index in [-0.39, 0.29) is 11.2 Å². The predicted octanol–water partition coefficient (Wildman–Crippen LogP) is 0.0290. The van der Waals surface area contributed by atoms with Crippen molar-refractivity contribution >= 4 is 9.84 Å². The van der Waals surface area contributed by atoms with Gasteiger partial charge in [-0.25, -0.2) is 8.42 Å². The molecule has 0 radical (unpaired) electrons. The molecule has 1 rings (SSSR count). The third kappa shape index (κ3) is 1.93. The second-order valence-electron chi connectivity index (χ2n) is 3.35. The molecule has 66 valence electrons. The van der Waals surface area contributed by atoms with E-state index in [2.05, 4.69) is 5.32 Å². The van der Waals surface area contributed by atoms with Gasteiger partial charge in [0.05, 0.1) is 11.0 Å². The predicted molar refractivity (Wildman–Crippen MR) is 45.3 cm³/mol. The minimum absolute atomic E-state index is 0.170. The largest absolute Gasteiger partial charge is 0.314 e. The first-order valence-electron chi connectivity index (χ1n) is 3.96. The average Bonchev–Trinajstić information content (AvgIpc) is 1.85. The summed E-state index contributed by atoms with van der Waals surface area (Å²) in [7, 11) is -2.79. The highest BCUT2D eigenvalue weighted by molar-refractivity contribution is 7.92. The van der Waals surface area contributed by atoms with Crippen molar-refractivity contribution in [1.82, 2.24) is 5.32 Å². The van der Waals surface area contributed by atoms with Gasteiger partial charge in [-0.3, -0.25) is 0 Å². The van der Waals surface area contributed by atoms with E-state index in [0.29, 0.717) is 18.8 Å². The molecule has 0 saturated carbocycles. The van der Waals surface area contributed by atoms with E-state index in [1.807, 2.05) is 13.8 Å². The van der Waals surface area contributed by atoms with Crippen molar-refractivity contribution in [3.8, 4) is 0 Å². The molecule has 0 unspecified atom stereocenters. The van der Waals surface area contributed by atoms with Crippen LogP contribution in [0.25, 0.3) is 0 Å². The summed E-state index contributed by atoms with van der Waals surface area (Å²) in [4.78, 5) is 0. The monoisotopic (exact) mass is 177 g/mol. The molecule has 4 heteroatoms. The normalized spacial score (nSPS) is 30.6. The van der Waals surface area contributed by atoms with Crippen molar-refractivity contribution in [1.29, 1.82) is 0 Å². The first kappa shape index (κ1) is 9.00. The van der Waals surface area contributed by atoms with Crippen molar-refractivity contribution in [3.05, 3.63) is 0 Å². The molecular weight excluding hydrogens is 162 g/mol. The Morgan fingerprint density at radius 3 is 2.45 bits per heavy atom. The zero-order valence-electron chi connectivity index (χ0n) is 7.00. The molecule has 0 amide bonds. The molecule has 1 saturated heterocycles. The fourth-order valence-corrected chi connectivity index (χ4v) is 3.32. The van der Waals surface area contributed by atoms with E-state index >= 15 is 0 Å². The third-order valence-electron chi connectivity index (χ3n) is 2.11. The Hall–Kier alpha value is -0.0900. The molecular formula is C7H15NO2S. The fraction of sp³-hybridized carbons (Fsp3) is 1.00. The van der Waals surface area contributed by atoms with Crippen LogP contribution < -0.4 is 5.32 Å². The Kier molecular flexibility index (Phi) is 2.54. The van der Waals surface area contributed by atoms with Crippen molar-refractivity contribution < 1.29 is 8.42 Å². The lowest BCUT2D eigenvalue weighted by Gasteiger charge is -2.25. The number of nitrogens with one attached hydrogen (secondary N) is 1. The Balaban J connectivity index is 2.76. The molecule has 0 aliphatic carbocycles. The van der Waals surface area contributed by atoms with Crippen LogP contribution in [-0.2, 0) is 9.84 Å². The van der Waals surface area contributed by atoms with Crippen LogP contribution >= 0.6 is 0 Å². The molecule has 11 heavy (non-hydrogen) atoms. The lowest BCUT2D eigenvalue weighted by molar-refractivity contribution is 0.489. The van der Waals surface area contributed by atoms with Crippen molar-refractivity contribution in [2.24, 2.45) is 5.92 Å². The van der Waals surface area contributed by atoms with Crippen LogP contribution in [0.15, 0.2) is 0 Å². The van der Waals surface area contributed by atoms with Crippen molar-refractivity contribution in [2.75, 3.05) is 18.8 Å². The highest BCUT2D eigenvalue weighted by Gasteiger charge is 2.30. The molecule has 1 fully saturated rings. The van der Waals surface area contributed by atoms with E-state index < -0.39 is 9.84 Å². The molecule has 0 aromatic rings. The quantitative estimate of drug-likeness (QED) is 0.614. The van der Waals surface area contributed by atoms with Gasteiger partial charge in [-0.05, 0) is 5.92 Å². The molecule has 1 aliphatic rings. The maximum absolute atomic E-state index is 11.4. The highest BCUT2D eigenvalue weighted by Crippen LogP contribution is 2.14. The maximum Gasteiger partial charge on any atom is 0.155 e. The Bertz CT molecular complexity index is 221. The minimum atomic E-state index is -2.79. The van der Waals surface area contributed by atoms with Crippen molar-refractivity contribution in [3.63, 3.8) is 0 Å². The summed E-state index contributed by atoms with van der Waals surface area (Å²) in [6, 6.07) is 0. The second kappa shape index (κ2) is 3.11. The van der Waals surface area contributed by atoms with Gasteiger partial charge >= 0.3 is 0 Å². The van der Waals surface area contributed by atoms with Crippen LogP contribution in [0.4, 0.5) is 0 Å². The molecule has 1 N–H and O–H groups in total. The lowest BCUT2D eigenvalue weighted by Crippen LogP contribution is -2.46. The van der Waals surface area contributed by atoms with Crippen molar-refractivity contribution in [2.45, 2.75) is 19.1 Å². The standard InChI is InChI=1S/C7H15NO2S/c1-6(2)7-5-8-3-4-11(7,9)10/h6-8H,3-5H2,1-2H3/t7-/m1/s1. The summed E-state index contributed by atoms with van der Waals surface area (Å²) in [6.45, 7) is 5.15. The van der Waals surface area contributed by atoms with Gasteiger partial charge in [-0.1, -0.05) is 13.8 Å². The van der Waals surface area contributed by atoms with Gasteiger partial charge in [0.15, 0.2) is 9.84 Å². The Morgan fingerprint density at radius 2 is 2.09 bits per heavy atom. The van der Waals surface area contributed by atoms with Crippen LogP contribution in [-0.4, -0.2) is 32.5 Å². The number of hydrogen-bond acceptors (Lipinski definition) is 3. The molecule has 3 nitrogen and oxygen atoms in total. The van der Waals surface area contributed by atoms with E-state index in [1.54, 1.807) is 0 Å². The van der Waals surface area contributed by atoms with Crippen LogP contribution in [0.2, 0.25) is 0 Å². The third-order valence-corrected chi connectivity index (χ3v) is 4.52. The van der Waals surface area contributed by atoms with Gasteiger partial charge in [0.1, 0.15) is 0 Å². The minimum Gasteiger partial charge on any atom is -0.314 e. The molecule has 1 heterocycles. The van der Waals surface area contributed by atoms with E-state index in [9.17, 15) is 8.42 Å². The Morgan fingerprint density at radius 1 is 1.45 bits per heavy atom.